The van der Waals surface area contributed by atoms with Crippen molar-refractivity contribution in [3.8, 4) is 23.0 Å². The third kappa shape index (κ3) is 6.68. The Labute approximate surface area is 229 Å². The average Bonchev–Trinajstić information content (AvgIpc) is 2.96. The fourth-order valence-corrected chi connectivity index (χ4v) is 4.19. The standard InChI is InChI=1S/C32H34N2O5/c1-5-15-34(7-3)16-10-18-37-31-22-27-25(21-30(31)36-4)28(13-14-33-27)39-29-20-24-12-9-8-11-23(24)19-26(29)32(35)38-17-6-2/h5,7-9,11-15,19-22H,3,6,10,16-18H2,1-2,4H3/b15-5-. The molecule has 7 heteroatoms. The van der Waals surface area contributed by atoms with Crippen LogP contribution in [0.2, 0.25) is 0 Å². The van der Waals surface area contributed by atoms with Gasteiger partial charge in [-0.2, -0.15) is 0 Å². The number of carbonyl (C=O) groups is 1. The van der Waals surface area contributed by atoms with Gasteiger partial charge in [-0.1, -0.05) is 43.8 Å². The highest BCUT2D eigenvalue weighted by Crippen LogP contribution is 2.38. The summed E-state index contributed by atoms with van der Waals surface area (Å²) < 4.78 is 23.5. The van der Waals surface area contributed by atoms with E-state index >= 15 is 0 Å². The van der Waals surface area contributed by atoms with E-state index in [4.69, 9.17) is 18.9 Å². The molecule has 3 aromatic carbocycles. The van der Waals surface area contributed by atoms with Gasteiger partial charge in [0.15, 0.2) is 11.5 Å². The Morgan fingerprint density at radius 2 is 1.79 bits per heavy atom. The molecule has 0 N–H and O–H groups in total. The molecule has 0 unspecified atom stereocenters. The average molecular weight is 527 g/mol. The number of nitrogens with zero attached hydrogens (tertiary/aromatic N) is 2. The minimum Gasteiger partial charge on any atom is -0.493 e. The number of ether oxygens (including phenoxy) is 4. The highest BCUT2D eigenvalue weighted by molar-refractivity contribution is 5.99. The minimum atomic E-state index is -0.423. The predicted molar refractivity (Wildman–Crippen MR) is 155 cm³/mol. The molecule has 202 valence electrons. The summed E-state index contributed by atoms with van der Waals surface area (Å²) in [5.74, 6) is 1.69. The molecule has 0 aliphatic carbocycles. The quantitative estimate of drug-likeness (QED) is 0.132. The lowest BCUT2D eigenvalue weighted by Crippen LogP contribution is -2.13. The Hall–Kier alpha value is -4.52. The van der Waals surface area contributed by atoms with Crippen LogP contribution in [0.25, 0.3) is 21.7 Å². The van der Waals surface area contributed by atoms with E-state index in [-0.39, 0.29) is 0 Å². The molecule has 4 aromatic rings. The Bertz CT molecular complexity index is 1480. The van der Waals surface area contributed by atoms with E-state index < -0.39 is 5.97 Å². The van der Waals surface area contributed by atoms with Gasteiger partial charge in [-0.05, 0) is 67.2 Å². The lowest BCUT2D eigenvalue weighted by atomic mass is 10.1. The molecule has 1 aromatic heterocycles. The summed E-state index contributed by atoms with van der Waals surface area (Å²) in [5, 5.41) is 2.61. The molecular formula is C32H34N2O5. The van der Waals surface area contributed by atoms with E-state index in [2.05, 4.69) is 11.6 Å². The molecule has 0 saturated heterocycles. The minimum absolute atomic E-state index is 0.337. The SMILES string of the molecule is C=CN(/C=C\C)CCCOc1cc2nccc(Oc3cc4ccccc4cc3C(=O)OCCC)c2cc1OC. The number of hydrogen-bond acceptors (Lipinski definition) is 7. The molecule has 0 atom stereocenters. The number of rotatable bonds is 13. The van der Waals surface area contributed by atoms with Crippen molar-refractivity contribution in [3.05, 3.63) is 91.4 Å². The Balaban J connectivity index is 1.63. The highest BCUT2D eigenvalue weighted by Gasteiger charge is 2.18. The third-order valence-electron chi connectivity index (χ3n) is 6.11. The Morgan fingerprint density at radius 1 is 1.00 bits per heavy atom. The molecule has 0 aliphatic rings. The van der Waals surface area contributed by atoms with Crippen LogP contribution < -0.4 is 14.2 Å². The van der Waals surface area contributed by atoms with Gasteiger partial charge in [-0.25, -0.2) is 4.79 Å². The summed E-state index contributed by atoms with van der Waals surface area (Å²) >= 11 is 0. The molecule has 7 nitrogen and oxygen atoms in total. The van der Waals surface area contributed by atoms with Gasteiger partial charge in [-0.3, -0.25) is 4.98 Å². The van der Waals surface area contributed by atoms with E-state index in [9.17, 15) is 4.79 Å². The maximum atomic E-state index is 12.9. The first-order chi connectivity index (χ1) is 19.1. The van der Waals surface area contributed by atoms with Crippen molar-refractivity contribution < 1.29 is 23.7 Å². The van der Waals surface area contributed by atoms with E-state index in [0.717, 1.165) is 35.5 Å². The lowest BCUT2D eigenvalue weighted by Gasteiger charge is -2.17. The van der Waals surface area contributed by atoms with E-state index in [1.807, 2.05) is 79.6 Å². The fraction of sp³-hybridized carbons (Fsp3) is 0.250. The molecule has 39 heavy (non-hydrogen) atoms. The van der Waals surface area contributed by atoms with Gasteiger partial charge in [0.05, 0.1) is 25.8 Å². The zero-order valence-electron chi connectivity index (χ0n) is 22.7. The predicted octanol–water partition coefficient (Wildman–Crippen LogP) is 7.50. The summed E-state index contributed by atoms with van der Waals surface area (Å²) in [6.45, 7) is 9.38. The van der Waals surface area contributed by atoms with Crippen molar-refractivity contribution in [2.24, 2.45) is 0 Å². The van der Waals surface area contributed by atoms with Crippen molar-refractivity contribution in [1.29, 1.82) is 0 Å². The fourth-order valence-electron chi connectivity index (χ4n) is 4.19. The maximum absolute atomic E-state index is 12.9. The van der Waals surface area contributed by atoms with Crippen molar-refractivity contribution in [1.82, 2.24) is 9.88 Å². The number of benzene rings is 3. The van der Waals surface area contributed by atoms with Crippen LogP contribution in [0.4, 0.5) is 0 Å². The van der Waals surface area contributed by atoms with Gasteiger partial charge < -0.3 is 23.8 Å². The summed E-state index contributed by atoms with van der Waals surface area (Å²) in [5.41, 5.74) is 1.05. The van der Waals surface area contributed by atoms with Crippen LogP contribution in [0.15, 0.2) is 85.8 Å². The number of fused-ring (bicyclic) bond motifs is 2. The summed E-state index contributed by atoms with van der Waals surface area (Å²) in [4.78, 5) is 19.5. The van der Waals surface area contributed by atoms with Crippen LogP contribution in [0, 0.1) is 0 Å². The number of hydrogen-bond donors (Lipinski definition) is 0. The van der Waals surface area contributed by atoms with Crippen LogP contribution >= 0.6 is 0 Å². The summed E-state index contributed by atoms with van der Waals surface area (Å²) in [7, 11) is 1.60. The molecular weight excluding hydrogens is 492 g/mol. The summed E-state index contributed by atoms with van der Waals surface area (Å²) in [6.07, 6.45) is 8.92. The molecule has 0 aliphatic heterocycles. The number of carbonyl (C=O) groups excluding carboxylic acids is 1. The van der Waals surface area contributed by atoms with Crippen LogP contribution in [0.5, 0.6) is 23.0 Å². The molecule has 0 radical (unpaired) electrons. The first-order valence-corrected chi connectivity index (χ1v) is 13.1. The Morgan fingerprint density at radius 3 is 2.51 bits per heavy atom. The van der Waals surface area contributed by atoms with Gasteiger partial charge >= 0.3 is 5.97 Å². The zero-order chi connectivity index (χ0) is 27.6. The highest BCUT2D eigenvalue weighted by atomic mass is 16.5. The van der Waals surface area contributed by atoms with Crippen molar-refractivity contribution in [2.75, 3.05) is 26.9 Å². The number of aromatic nitrogens is 1. The molecule has 0 bridgehead atoms. The maximum Gasteiger partial charge on any atom is 0.341 e. The zero-order valence-corrected chi connectivity index (χ0v) is 22.7. The first-order valence-electron chi connectivity index (χ1n) is 13.1. The van der Waals surface area contributed by atoms with Gasteiger partial charge in [0.2, 0.25) is 0 Å². The monoisotopic (exact) mass is 526 g/mol. The normalized spacial score (nSPS) is 11.1. The van der Waals surface area contributed by atoms with E-state index in [1.54, 1.807) is 25.6 Å². The molecule has 0 amide bonds. The largest absolute Gasteiger partial charge is 0.493 e. The summed E-state index contributed by atoms with van der Waals surface area (Å²) in [6, 6.07) is 16.9. The van der Waals surface area contributed by atoms with Gasteiger partial charge in [0.1, 0.15) is 17.1 Å². The van der Waals surface area contributed by atoms with Crippen LogP contribution in [0.3, 0.4) is 0 Å². The molecule has 0 spiro atoms. The van der Waals surface area contributed by atoms with Crippen molar-refractivity contribution in [3.63, 3.8) is 0 Å². The molecule has 0 saturated carbocycles. The smallest absolute Gasteiger partial charge is 0.341 e. The second-order valence-electron chi connectivity index (χ2n) is 8.87. The van der Waals surface area contributed by atoms with Crippen molar-refractivity contribution in [2.45, 2.75) is 26.7 Å². The second kappa shape index (κ2) is 13.3. The third-order valence-corrected chi connectivity index (χ3v) is 6.11. The lowest BCUT2D eigenvalue weighted by molar-refractivity contribution is 0.0502. The van der Waals surface area contributed by atoms with Crippen LogP contribution in [0.1, 0.15) is 37.0 Å². The molecule has 1 heterocycles. The second-order valence-corrected chi connectivity index (χ2v) is 8.87. The Kier molecular flexibility index (Phi) is 9.40. The van der Waals surface area contributed by atoms with Gasteiger partial charge in [0, 0.05) is 24.2 Å². The van der Waals surface area contributed by atoms with Gasteiger partial charge in [-0.15, -0.1) is 0 Å². The topological polar surface area (TPSA) is 70.1 Å². The van der Waals surface area contributed by atoms with Crippen LogP contribution in [-0.2, 0) is 4.74 Å². The number of pyridine rings is 1. The number of allylic oxidation sites excluding steroid dienone is 1. The first kappa shape index (κ1) is 27.5. The van der Waals surface area contributed by atoms with E-state index in [0.29, 0.717) is 47.3 Å². The number of esters is 1. The van der Waals surface area contributed by atoms with Gasteiger partial charge in [0.25, 0.3) is 0 Å². The van der Waals surface area contributed by atoms with E-state index in [1.165, 1.54) is 0 Å². The molecule has 4 rings (SSSR count). The molecule has 0 fully saturated rings. The van der Waals surface area contributed by atoms with Crippen LogP contribution in [-0.4, -0.2) is 42.7 Å². The number of methoxy groups -OCH3 is 1. The van der Waals surface area contributed by atoms with Crippen molar-refractivity contribution >= 4 is 27.6 Å².